The van der Waals surface area contributed by atoms with Crippen molar-refractivity contribution in [2.75, 3.05) is 18.5 Å². The molecular formula is C15H20N2O3. The van der Waals surface area contributed by atoms with Gasteiger partial charge >= 0.3 is 0 Å². The minimum Gasteiger partial charge on any atom is -0.374 e. The molecule has 108 valence electrons. The molecule has 0 aromatic heterocycles. The third-order valence-electron chi connectivity index (χ3n) is 3.99. The van der Waals surface area contributed by atoms with Crippen molar-refractivity contribution < 1.29 is 9.72 Å². The van der Waals surface area contributed by atoms with Crippen molar-refractivity contribution in [3.63, 3.8) is 0 Å². The van der Waals surface area contributed by atoms with Gasteiger partial charge in [-0.15, -0.1) is 0 Å². The second-order valence-electron chi connectivity index (χ2n) is 5.55. The minimum atomic E-state index is -0.465. The fraction of sp³-hybridized carbons (Fsp3) is 0.533. The Balaban J connectivity index is 2.24. The normalized spacial score (nSPS) is 15.3. The maximum absolute atomic E-state index is 11.7. The fourth-order valence-corrected chi connectivity index (χ4v) is 2.93. The third-order valence-corrected chi connectivity index (χ3v) is 3.99. The zero-order valence-corrected chi connectivity index (χ0v) is 12.0. The molecule has 0 unspecified atom stereocenters. The highest BCUT2D eigenvalue weighted by molar-refractivity contribution is 6.00. The number of anilines is 1. The predicted octanol–water partition coefficient (Wildman–Crippen LogP) is 3.42. The Morgan fingerprint density at radius 3 is 2.60 bits per heavy atom. The Labute approximate surface area is 118 Å². The zero-order valence-electron chi connectivity index (χ0n) is 12.0. The average molecular weight is 276 g/mol. The van der Waals surface area contributed by atoms with Gasteiger partial charge in [0.1, 0.15) is 0 Å². The monoisotopic (exact) mass is 276 g/mol. The van der Waals surface area contributed by atoms with Gasteiger partial charge in [-0.05, 0) is 31.7 Å². The summed E-state index contributed by atoms with van der Waals surface area (Å²) in [6.07, 6.45) is 5.01. The van der Waals surface area contributed by atoms with E-state index in [0.717, 1.165) is 12.2 Å². The first-order chi connectivity index (χ1) is 9.49. The molecule has 0 bridgehead atoms. The highest BCUT2D eigenvalue weighted by Gasteiger charge is 2.20. The van der Waals surface area contributed by atoms with Crippen molar-refractivity contribution in [3.8, 4) is 0 Å². The number of non-ortho nitro benzene ring substituents is 1. The highest BCUT2D eigenvalue weighted by Crippen LogP contribution is 2.30. The fourth-order valence-electron chi connectivity index (χ4n) is 2.93. The maximum atomic E-state index is 11.7. The van der Waals surface area contributed by atoms with Crippen LogP contribution in [0.2, 0.25) is 0 Å². The van der Waals surface area contributed by atoms with Crippen LogP contribution in [-0.4, -0.2) is 24.3 Å². The van der Waals surface area contributed by atoms with E-state index in [1.807, 2.05) is 7.05 Å². The molecule has 0 N–H and O–H groups in total. The smallest absolute Gasteiger partial charge is 0.270 e. The van der Waals surface area contributed by atoms with Crippen molar-refractivity contribution in [1.82, 2.24) is 0 Å². The second kappa shape index (κ2) is 6.03. The molecule has 0 aliphatic heterocycles. The largest absolute Gasteiger partial charge is 0.374 e. The summed E-state index contributed by atoms with van der Waals surface area (Å²) in [5, 5.41) is 10.8. The van der Waals surface area contributed by atoms with E-state index >= 15 is 0 Å². The number of benzene rings is 1. The van der Waals surface area contributed by atoms with Crippen LogP contribution in [0.4, 0.5) is 11.4 Å². The van der Waals surface area contributed by atoms with Gasteiger partial charge in [0.2, 0.25) is 0 Å². The van der Waals surface area contributed by atoms with Crippen LogP contribution in [0.5, 0.6) is 0 Å². The van der Waals surface area contributed by atoms with Crippen LogP contribution in [0.3, 0.4) is 0 Å². The highest BCUT2D eigenvalue weighted by atomic mass is 16.6. The van der Waals surface area contributed by atoms with Crippen LogP contribution >= 0.6 is 0 Å². The Hall–Kier alpha value is -1.91. The number of carbonyl (C=O) groups is 1. The van der Waals surface area contributed by atoms with Gasteiger partial charge in [-0.2, -0.15) is 0 Å². The van der Waals surface area contributed by atoms with E-state index in [-0.39, 0.29) is 11.5 Å². The van der Waals surface area contributed by atoms with Gasteiger partial charge < -0.3 is 4.90 Å². The molecule has 0 radical (unpaired) electrons. The molecule has 0 heterocycles. The number of nitro benzene ring substituents is 1. The molecular weight excluding hydrogens is 256 g/mol. The van der Waals surface area contributed by atoms with E-state index < -0.39 is 4.92 Å². The SMILES string of the molecule is CC(=O)c1cc([N+](=O)[O-])ccc1N(C)CC1CCCC1. The van der Waals surface area contributed by atoms with Crippen molar-refractivity contribution in [2.45, 2.75) is 32.6 Å². The number of nitro groups is 1. The number of nitrogens with zero attached hydrogens (tertiary/aromatic N) is 2. The molecule has 5 heteroatoms. The maximum Gasteiger partial charge on any atom is 0.270 e. The number of Topliss-reactive ketones (excluding diaryl/α,β-unsaturated/α-hetero) is 1. The molecule has 2 rings (SSSR count). The number of rotatable bonds is 5. The molecule has 1 aromatic rings. The third kappa shape index (κ3) is 3.15. The van der Waals surface area contributed by atoms with Gasteiger partial charge in [0.15, 0.2) is 5.78 Å². The van der Waals surface area contributed by atoms with Crippen LogP contribution in [-0.2, 0) is 0 Å². The first kappa shape index (κ1) is 14.5. The van der Waals surface area contributed by atoms with E-state index in [1.54, 1.807) is 6.07 Å². The molecule has 1 aliphatic carbocycles. The Morgan fingerprint density at radius 1 is 1.40 bits per heavy atom. The van der Waals surface area contributed by atoms with E-state index in [1.165, 1.54) is 44.7 Å². The van der Waals surface area contributed by atoms with E-state index in [0.29, 0.717) is 11.5 Å². The van der Waals surface area contributed by atoms with Gasteiger partial charge in [-0.3, -0.25) is 14.9 Å². The molecule has 5 nitrogen and oxygen atoms in total. The molecule has 1 aromatic carbocycles. The summed E-state index contributed by atoms with van der Waals surface area (Å²) in [6, 6.07) is 4.53. The summed E-state index contributed by atoms with van der Waals surface area (Å²) in [5.41, 5.74) is 1.18. The Kier molecular flexibility index (Phi) is 4.37. The van der Waals surface area contributed by atoms with Gasteiger partial charge in [-0.25, -0.2) is 0 Å². The van der Waals surface area contributed by atoms with Gasteiger partial charge in [0.05, 0.1) is 4.92 Å². The van der Waals surface area contributed by atoms with Crippen molar-refractivity contribution in [2.24, 2.45) is 5.92 Å². The van der Waals surface area contributed by atoms with Crippen LogP contribution < -0.4 is 4.90 Å². The van der Waals surface area contributed by atoms with E-state index in [9.17, 15) is 14.9 Å². The number of hydrogen-bond acceptors (Lipinski definition) is 4. The van der Waals surface area contributed by atoms with E-state index in [4.69, 9.17) is 0 Å². The lowest BCUT2D eigenvalue weighted by Gasteiger charge is -2.24. The summed E-state index contributed by atoms with van der Waals surface area (Å²) >= 11 is 0. The lowest BCUT2D eigenvalue weighted by atomic mass is 10.0. The Bertz CT molecular complexity index is 522. The van der Waals surface area contributed by atoms with E-state index in [2.05, 4.69) is 4.90 Å². The average Bonchev–Trinajstić information content (AvgIpc) is 2.90. The first-order valence-corrected chi connectivity index (χ1v) is 6.99. The van der Waals surface area contributed by atoms with Crippen LogP contribution in [0.15, 0.2) is 18.2 Å². The molecule has 0 amide bonds. The standard InChI is InChI=1S/C15H20N2O3/c1-11(18)14-9-13(17(19)20)7-8-15(14)16(2)10-12-5-3-4-6-12/h7-9,12H,3-6,10H2,1-2H3. The summed E-state index contributed by atoms with van der Waals surface area (Å²) in [4.78, 5) is 24.1. The molecule has 0 spiro atoms. The summed E-state index contributed by atoms with van der Waals surface area (Å²) in [6.45, 7) is 2.35. The van der Waals surface area contributed by atoms with Crippen LogP contribution in [0, 0.1) is 16.0 Å². The second-order valence-corrected chi connectivity index (χ2v) is 5.55. The first-order valence-electron chi connectivity index (χ1n) is 6.99. The number of hydrogen-bond donors (Lipinski definition) is 0. The molecule has 1 fully saturated rings. The lowest BCUT2D eigenvalue weighted by Crippen LogP contribution is -2.25. The van der Waals surface area contributed by atoms with Gasteiger partial charge in [-0.1, -0.05) is 12.8 Å². The molecule has 20 heavy (non-hydrogen) atoms. The molecule has 1 aliphatic rings. The van der Waals surface area contributed by atoms with Crippen molar-refractivity contribution in [1.29, 1.82) is 0 Å². The predicted molar refractivity (Wildman–Crippen MR) is 78.3 cm³/mol. The minimum absolute atomic E-state index is 0.0341. The van der Waals surface area contributed by atoms with Gasteiger partial charge in [0, 0.05) is 37.0 Å². The summed E-state index contributed by atoms with van der Waals surface area (Å²) < 4.78 is 0. The summed E-state index contributed by atoms with van der Waals surface area (Å²) in [7, 11) is 1.95. The molecule has 1 saturated carbocycles. The molecule has 0 saturated heterocycles. The van der Waals surface area contributed by atoms with Crippen molar-refractivity contribution >= 4 is 17.2 Å². The van der Waals surface area contributed by atoms with Crippen molar-refractivity contribution in [3.05, 3.63) is 33.9 Å². The van der Waals surface area contributed by atoms with Gasteiger partial charge in [0.25, 0.3) is 5.69 Å². The topological polar surface area (TPSA) is 63.4 Å². The summed E-state index contributed by atoms with van der Waals surface area (Å²) in [5.74, 6) is 0.525. The zero-order chi connectivity index (χ0) is 14.7. The van der Waals surface area contributed by atoms with Crippen LogP contribution in [0.1, 0.15) is 43.0 Å². The lowest BCUT2D eigenvalue weighted by molar-refractivity contribution is -0.384. The van der Waals surface area contributed by atoms with Crippen LogP contribution in [0.25, 0.3) is 0 Å². The molecule has 0 atom stereocenters. The Morgan fingerprint density at radius 2 is 2.05 bits per heavy atom. The number of carbonyl (C=O) groups excluding carboxylic acids is 1. The quantitative estimate of drug-likeness (QED) is 0.469. The number of ketones is 1.